The molecule has 0 radical (unpaired) electrons. The molecular formula is C122H133Cl6FN8O8. The fraction of sp³-hybridized carbons (Fsp3) is 0.377. The Hall–Kier alpha value is -10.5. The van der Waals surface area contributed by atoms with Crippen LogP contribution in [0.5, 0.6) is 11.5 Å². The van der Waals surface area contributed by atoms with Crippen molar-refractivity contribution in [3.63, 3.8) is 0 Å². The van der Waals surface area contributed by atoms with Crippen LogP contribution in [0.3, 0.4) is 0 Å². The summed E-state index contributed by atoms with van der Waals surface area (Å²) in [5.41, 5.74) is 14.2. The summed E-state index contributed by atoms with van der Waals surface area (Å²) >= 11 is 38.3. The van der Waals surface area contributed by atoms with Gasteiger partial charge in [0.2, 0.25) is 23.6 Å². The van der Waals surface area contributed by atoms with Crippen LogP contribution in [0.1, 0.15) is 161 Å². The zero-order valence-corrected chi connectivity index (χ0v) is 88.3. The summed E-state index contributed by atoms with van der Waals surface area (Å²) in [5, 5.41) is 28.2. The van der Waals surface area contributed by atoms with Gasteiger partial charge in [-0.15, -0.1) is 0 Å². The molecule has 4 aliphatic heterocycles. The molecule has 12 aromatic carbocycles. The summed E-state index contributed by atoms with van der Waals surface area (Å²) in [6.07, 6.45) is 8.84. The molecular weight excluding hydrogens is 1940 g/mol. The first-order valence-corrected chi connectivity index (χ1v) is 53.5. The third-order valence-corrected chi connectivity index (χ3v) is 32.6. The van der Waals surface area contributed by atoms with E-state index in [-0.39, 0.29) is 89.3 Å². The summed E-state index contributed by atoms with van der Waals surface area (Å²) in [4.78, 5) is 64.7. The largest absolute Gasteiger partial charge is 0.497 e. The molecule has 11 atom stereocenters. The molecule has 145 heavy (non-hydrogen) atoms. The number of alkyl halides is 1. The Morgan fingerprint density at radius 3 is 1.11 bits per heavy atom. The number of halogens is 7. The molecule has 20 rings (SSSR count). The Morgan fingerprint density at radius 1 is 0.359 bits per heavy atom. The van der Waals surface area contributed by atoms with E-state index in [0.717, 1.165) is 127 Å². The molecule has 8 fully saturated rings. The molecule has 4 saturated carbocycles. The number of methoxy groups -OCH3 is 2. The molecule has 8 aliphatic rings. The number of hydrogen-bond donors (Lipinski definition) is 5. The number of rotatable bonds is 30. The lowest BCUT2D eigenvalue weighted by molar-refractivity contribution is -0.142. The van der Waals surface area contributed by atoms with Gasteiger partial charge in [0.05, 0.1) is 73.1 Å². The van der Waals surface area contributed by atoms with Crippen molar-refractivity contribution in [2.75, 3.05) is 79.8 Å². The molecule has 4 amide bonds. The van der Waals surface area contributed by atoms with E-state index in [9.17, 15) is 24.3 Å². The van der Waals surface area contributed by atoms with Crippen LogP contribution in [-0.2, 0) is 50.1 Å². The Morgan fingerprint density at radius 2 is 0.697 bits per heavy atom. The SMILES string of the molecule is CC1(C)CNC[C@H](C(=O)N(Cc2cccc(Cl)c2Cl)C2CC2)[C@H]1c1cccc(-c2ccccc2)c1.CC1CNC[C@H](C(=O)N(Cc2cccc(Cl)c2Cl)C2CC2)[C@H]1c1cccc(-c2ccccc2)c1.COCCCOc1cc(CN(C(=O)[C@H]2CNCC(C)(F)[C@@H]2c2cccc(-c3ccccc3)c2)C2CC2)cc(OC)c1.C[C@@]1(O)CNC[C@H](C(=O)N(Cc2cccc(Cl)c2Cl)C2CC2)[C@H]1c1cccc(-c2ccccc2)c1. The minimum absolute atomic E-state index is 0.0101. The number of β-amino-alcohol motifs (C(OH)–C–C–N with tert-alkyl or cyclic N) is 1. The van der Waals surface area contributed by atoms with Gasteiger partial charge in [-0.25, -0.2) is 4.39 Å². The Balaban J connectivity index is 0.000000133. The second-order valence-corrected chi connectivity index (χ2v) is 44.0. The van der Waals surface area contributed by atoms with E-state index in [1.165, 1.54) is 33.4 Å². The molecule has 4 saturated heterocycles. The van der Waals surface area contributed by atoms with Crippen molar-refractivity contribution in [3.8, 4) is 56.0 Å². The van der Waals surface area contributed by atoms with Crippen LogP contribution in [0.25, 0.3) is 44.5 Å². The molecule has 4 aliphatic carbocycles. The average Bonchev–Trinajstić information content (AvgIpc) is 1.05. The molecule has 23 heteroatoms. The van der Waals surface area contributed by atoms with Gasteiger partial charge in [0.25, 0.3) is 0 Å². The zero-order valence-electron chi connectivity index (χ0n) is 83.7. The lowest BCUT2D eigenvalue weighted by atomic mass is 9.65. The van der Waals surface area contributed by atoms with Gasteiger partial charge in [0.1, 0.15) is 17.2 Å². The van der Waals surface area contributed by atoms with Gasteiger partial charge in [-0.1, -0.05) is 345 Å². The third-order valence-electron chi connectivity index (χ3n) is 30.1. The smallest absolute Gasteiger partial charge is 0.228 e. The maximum Gasteiger partial charge on any atom is 0.228 e. The van der Waals surface area contributed by atoms with Gasteiger partial charge < -0.3 is 60.2 Å². The first-order valence-electron chi connectivity index (χ1n) is 51.3. The number of hydrogen-bond acceptors (Lipinski definition) is 12. The van der Waals surface area contributed by atoms with E-state index in [4.69, 9.17) is 83.8 Å². The minimum atomic E-state index is -1.58. The highest BCUT2D eigenvalue weighted by molar-refractivity contribution is 6.43. The number of ether oxygens (including phenoxy) is 3. The lowest BCUT2D eigenvalue weighted by Gasteiger charge is -2.45. The summed E-state index contributed by atoms with van der Waals surface area (Å²) in [5.74, 6) is 0.363. The summed E-state index contributed by atoms with van der Waals surface area (Å²) < 4.78 is 32.9. The zero-order chi connectivity index (χ0) is 102. The number of nitrogens with zero attached hydrogens (tertiary/aromatic N) is 4. The fourth-order valence-corrected chi connectivity index (χ4v) is 23.4. The van der Waals surface area contributed by atoms with Gasteiger partial charge in [0, 0.05) is 146 Å². The average molecular weight is 2070 g/mol. The molecule has 2 unspecified atom stereocenters. The van der Waals surface area contributed by atoms with Crippen LogP contribution in [0.4, 0.5) is 4.39 Å². The van der Waals surface area contributed by atoms with Gasteiger partial charge >= 0.3 is 0 Å². The number of carbonyl (C=O) groups excluding carboxylic acids is 4. The number of benzene rings is 12. The van der Waals surface area contributed by atoms with Gasteiger partial charge in [-0.2, -0.15) is 0 Å². The Labute approximate surface area is 884 Å². The molecule has 4 heterocycles. The van der Waals surface area contributed by atoms with Crippen molar-refractivity contribution in [2.45, 2.75) is 178 Å². The van der Waals surface area contributed by atoms with E-state index < -0.39 is 29.0 Å². The van der Waals surface area contributed by atoms with Crippen molar-refractivity contribution in [3.05, 3.63) is 366 Å². The molecule has 0 spiro atoms. The normalized spacial score (nSPS) is 22.6. The van der Waals surface area contributed by atoms with E-state index in [2.05, 4.69) is 191 Å². The van der Waals surface area contributed by atoms with Crippen molar-refractivity contribution >= 4 is 93.2 Å². The highest BCUT2D eigenvalue weighted by Crippen LogP contribution is 2.51. The minimum Gasteiger partial charge on any atom is -0.497 e. The number of piperidine rings is 4. The first-order chi connectivity index (χ1) is 70.1. The van der Waals surface area contributed by atoms with Crippen molar-refractivity contribution in [2.24, 2.45) is 35.0 Å². The Bertz CT molecular complexity index is 6240. The summed E-state index contributed by atoms with van der Waals surface area (Å²) in [6.45, 7) is 18.0. The number of nitrogens with one attached hydrogen (secondary N) is 4. The third kappa shape index (κ3) is 26.3. The van der Waals surface area contributed by atoms with Crippen molar-refractivity contribution < 1.29 is 42.9 Å². The summed E-state index contributed by atoms with van der Waals surface area (Å²) in [7, 11) is 3.30. The van der Waals surface area contributed by atoms with Crippen LogP contribution >= 0.6 is 69.6 Å². The first kappa shape index (κ1) is 106. The highest BCUT2D eigenvalue weighted by Gasteiger charge is 2.53. The number of amides is 4. The second-order valence-electron chi connectivity index (χ2n) is 41.6. The standard InChI is InChI=1S/C34H41FN2O4.C30H32Cl2N2O.C29H30Cl2N2O2.C29H30Cl2N2O/c1-34(35)23-36-21-31(32(34)27-12-7-11-26(19-27)25-9-5-4-6-10-25)33(38)37(28-13-14-28)22-24-17-29(40-3)20-30(18-24)41-16-8-15-39-2;1-30(2)19-33-17-25(27(30)22-11-6-10-21(16-22)20-8-4-3-5-9-20)29(35)34(24-14-15-24)18-23-12-7-13-26(31)28(23)32;1-29(35)18-32-16-24(26(29)21-10-5-9-20(15-21)19-7-3-2-4-8-19)28(34)33(23-13-14-23)17-22-11-6-12-25(30)27(22)31;1-19-16-32-17-25(27(19)22-10-5-9-21(15-22)20-7-3-2-4-8-20)29(34)33(24-13-14-24)18-23-11-6-12-26(30)28(23)31/h4-7,9-12,17-20,28,31-32,36H,8,13-16,21-23H2,1-3H3;3-13,16,24-25,27,33H,14-15,17-19H2,1-2H3;2-12,15,23-24,26,32,35H,13-14,16-18H2,1H3;2-12,15,19,24-25,27,32H,13-14,16-18H2,1H3/t31-,32+,34?;25-,27+;24-,26+,29+;19?,25-,27+/m0000/s1. The quantitative estimate of drug-likeness (QED) is 0.0270. The lowest BCUT2D eigenvalue weighted by Crippen LogP contribution is -2.57. The van der Waals surface area contributed by atoms with E-state index in [1.54, 1.807) is 39.3 Å². The monoisotopic (exact) mass is 2070 g/mol. The molecule has 16 nitrogen and oxygen atoms in total. The molecule has 0 aromatic heterocycles. The Kier molecular flexibility index (Phi) is 35.2. The predicted octanol–water partition coefficient (Wildman–Crippen LogP) is 25.9. The molecule has 0 bridgehead atoms. The maximum absolute atomic E-state index is 16.3. The van der Waals surface area contributed by atoms with Crippen LogP contribution in [0, 0.1) is 35.0 Å². The number of carbonyl (C=O) groups is 4. The summed E-state index contributed by atoms with van der Waals surface area (Å²) in [6, 6.07) is 98.5. The maximum atomic E-state index is 16.3. The van der Waals surface area contributed by atoms with Crippen molar-refractivity contribution in [1.82, 2.24) is 40.9 Å². The number of aliphatic hydroxyl groups is 1. The van der Waals surface area contributed by atoms with E-state index in [1.807, 2.05) is 150 Å². The van der Waals surface area contributed by atoms with Crippen molar-refractivity contribution in [1.29, 1.82) is 0 Å². The van der Waals surface area contributed by atoms with E-state index in [0.29, 0.717) is 120 Å². The van der Waals surface area contributed by atoms with Crippen LogP contribution in [0.15, 0.2) is 291 Å². The van der Waals surface area contributed by atoms with Gasteiger partial charge in [0.15, 0.2) is 0 Å². The molecule has 5 N–H and O–H groups in total. The highest BCUT2D eigenvalue weighted by atomic mass is 35.5. The predicted molar refractivity (Wildman–Crippen MR) is 586 cm³/mol. The van der Waals surface area contributed by atoms with Crippen LogP contribution in [-0.4, -0.2) is 164 Å². The van der Waals surface area contributed by atoms with Gasteiger partial charge in [-0.3, -0.25) is 19.2 Å². The second kappa shape index (κ2) is 48.2. The molecule has 12 aromatic rings. The molecule has 758 valence electrons. The van der Waals surface area contributed by atoms with Crippen LogP contribution < -0.4 is 30.7 Å². The fourth-order valence-electron chi connectivity index (χ4n) is 22.2. The van der Waals surface area contributed by atoms with Gasteiger partial charge in [-0.05, 0) is 202 Å². The van der Waals surface area contributed by atoms with Crippen LogP contribution in [0.2, 0.25) is 30.1 Å². The topological polar surface area (TPSA) is 177 Å². The van der Waals surface area contributed by atoms with E-state index >= 15 is 4.39 Å².